The van der Waals surface area contributed by atoms with E-state index in [0.717, 1.165) is 24.5 Å². The van der Waals surface area contributed by atoms with Crippen LogP contribution in [0.4, 0.5) is 13.2 Å². The number of carbonyl (C=O) groups excluding carboxylic acids is 1. The molecule has 0 aromatic carbocycles. The lowest BCUT2D eigenvalue weighted by atomic mass is 9.90. The molecule has 4 atom stereocenters. The SMILES string of the molecule is O=C1[C@H](N2C[C@@H]3CN4CCCC[C@H]4[C@@H]3C2)CCN1CC(F)(F)F. The molecule has 0 bridgehead atoms. The van der Waals surface area contributed by atoms with Crippen molar-refractivity contribution in [3.8, 4) is 0 Å². The quantitative estimate of drug-likeness (QED) is 0.768. The summed E-state index contributed by atoms with van der Waals surface area (Å²) in [6, 6.07) is 0.321. The zero-order valence-corrected chi connectivity index (χ0v) is 13.3. The molecular formula is C16H24F3N3O. The molecule has 0 aromatic heterocycles. The average molecular weight is 331 g/mol. The average Bonchev–Trinajstić information content (AvgIpc) is 3.11. The summed E-state index contributed by atoms with van der Waals surface area (Å²) in [6.45, 7) is 3.22. The fourth-order valence-corrected chi connectivity index (χ4v) is 5.28. The standard InChI is InChI=1S/C16H24F3N3O/c17-16(18,19)10-21-6-4-14(15(21)23)22-8-11-7-20-5-2-1-3-13(20)12(11)9-22/h11-14H,1-10H2/t11-,12+,13-,14+/m0/s1. The maximum atomic E-state index is 12.5. The van der Waals surface area contributed by atoms with Gasteiger partial charge in [0.25, 0.3) is 0 Å². The van der Waals surface area contributed by atoms with Gasteiger partial charge in [0.1, 0.15) is 6.54 Å². The Morgan fingerprint density at radius 2 is 1.78 bits per heavy atom. The van der Waals surface area contributed by atoms with Crippen LogP contribution >= 0.6 is 0 Å². The highest BCUT2D eigenvalue weighted by Crippen LogP contribution is 2.41. The van der Waals surface area contributed by atoms with Gasteiger partial charge in [-0.2, -0.15) is 13.2 Å². The number of hydrogen-bond donors (Lipinski definition) is 0. The van der Waals surface area contributed by atoms with E-state index in [0.29, 0.717) is 24.3 Å². The molecule has 130 valence electrons. The van der Waals surface area contributed by atoms with Crippen LogP contribution in [0, 0.1) is 11.8 Å². The number of halogens is 3. The van der Waals surface area contributed by atoms with Crippen LogP contribution in [0.5, 0.6) is 0 Å². The molecule has 4 nitrogen and oxygen atoms in total. The number of amides is 1. The number of hydrogen-bond acceptors (Lipinski definition) is 3. The van der Waals surface area contributed by atoms with Gasteiger partial charge in [-0.05, 0) is 37.6 Å². The number of alkyl halides is 3. The molecule has 4 aliphatic rings. The molecule has 4 fully saturated rings. The van der Waals surface area contributed by atoms with E-state index in [2.05, 4.69) is 9.80 Å². The summed E-state index contributed by atoms with van der Waals surface area (Å²) < 4.78 is 37.6. The van der Waals surface area contributed by atoms with E-state index < -0.39 is 12.7 Å². The van der Waals surface area contributed by atoms with Crippen LogP contribution in [-0.2, 0) is 4.79 Å². The zero-order valence-electron chi connectivity index (χ0n) is 13.3. The van der Waals surface area contributed by atoms with Crippen molar-refractivity contribution in [1.82, 2.24) is 14.7 Å². The summed E-state index contributed by atoms with van der Waals surface area (Å²) in [4.78, 5) is 18.1. The normalized spacial score (nSPS) is 39.1. The van der Waals surface area contributed by atoms with Gasteiger partial charge in [0.05, 0.1) is 6.04 Å². The molecule has 0 unspecified atom stereocenters. The molecule has 7 heteroatoms. The summed E-state index contributed by atoms with van der Waals surface area (Å²) >= 11 is 0. The van der Waals surface area contributed by atoms with E-state index in [9.17, 15) is 18.0 Å². The Hall–Kier alpha value is -0.820. The van der Waals surface area contributed by atoms with Crippen LogP contribution in [0.25, 0.3) is 0 Å². The maximum Gasteiger partial charge on any atom is 0.406 e. The van der Waals surface area contributed by atoms with Gasteiger partial charge in [-0.1, -0.05) is 6.42 Å². The van der Waals surface area contributed by atoms with E-state index in [1.54, 1.807) is 0 Å². The van der Waals surface area contributed by atoms with Gasteiger partial charge in [-0.15, -0.1) is 0 Å². The number of rotatable bonds is 2. The van der Waals surface area contributed by atoms with Crippen LogP contribution in [0.15, 0.2) is 0 Å². The van der Waals surface area contributed by atoms with Gasteiger partial charge >= 0.3 is 6.18 Å². The number of piperidine rings is 1. The molecule has 0 spiro atoms. The van der Waals surface area contributed by atoms with E-state index in [1.807, 2.05) is 0 Å². The molecular weight excluding hydrogens is 307 g/mol. The van der Waals surface area contributed by atoms with Crippen molar-refractivity contribution in [2.24, 2.45) is 11.8 Å². The van der Waals surface area contributed by atoms with Crippen LogP contribution in [0.1, 0.15) is 25.7 Å². The largest absolute Gasteiger partial charge is 0.406 e. The van der Waals surface area contributed by atoms with Crippen molar-refractivity contribution in [3.05, 3.63) is 0 Å². The minimum absolute atomic E-state index is 0.240. The molecule has 23 heavy (non-hydrogen) atoms. The Balaban J connectivity index is 1.39. The Kier molecular flexibility index (Phi) is 3.83. The van der Waals surface area contributed by atoms with E-state index in [4.69, 9.17) is 0 Å². The summed E-state index contributed by atoms with van der Waals surface area (Å²) in [6.07, 6.45) is 0.0600. The first-order valence-corrected chi connectivity index (χ1v) is 8.76. The predicted octanol–water partition coefficient (Wildman–Crippen LogP) is 1.57. The monoisotopic (exact) mass is 331 g/mol. The summed E-state index contributed by atoms with van der Waals surface area (Å²) in [5, 5.41) is 0. The van der Waals surface area contributed by atoms with E-state index >= 15 is 0 Å². The lowest BCUT2D eigenvalue weighted by Gasteiger charge is -2.34. The van der Waals surface area contributed by atoms with Crippen LogP contribution in [0.2, 0.25) is 0 Å². The van der Waals surface area contributed by atoms with Crippen molar-refractivity contribution in [3.63, 3.8) is 0 Å². The third-order valence-electron chi connectivity index (χ3n) is 6.23. The smallest absolute Gasteiger partial charge is 0.332 e. The number of carbonyl (C=O) groups is 1. The number of likely N-dealkylation sites (tertiary alicyclic amines) is 2. The Morgan fingerprint density at radius 1 is 1.00 bits per heavy atom. The minimum Gasteiger partial charge on any atom is -0.332 e. The van der Waals surface area contributed by atoms with Gasteiger partial charge in [0.2, 0.25) is 5.91 Å². The Labute approximate surface area is 134 Å². The second kappa shape index (κ2) is 5.62. The number of nitrogens with zero attached hydrogens (tertiary/aromatic N) is 3. The van der Waals surface area contributed by atoms with Crippen molar-refractivity contribution < 1.29 is 18.0 Å². The second-order valence-corrected chi connectivity index (χ2v) is 7.62. The fraction of sp³-hybridized carbons (Fsp3) is 0.938. The molecule has 4 rings (SSSR count). The first-order valence-electron chi connectivity index (χ1n) is 8.76. The molecule has 4 aliphatic heterocycles. The highest BCUT2D eigenvalue weighted by molar-refractivity contribution is 5.84. The van der Waals surface area contributed by atoms with E-state index in [-0.39, 0.29) is 18.5 Å². The third kappa shape index (κ3) is 2.86. The van der Waals surface area contributed by atoms with Crippen molar-refractivity contribution in [1.29, 1.82) is 0 Å². The molecule has 1 amide bonds. The maximum absolute atomic E-state index is 12.5. The van der Waals surface area contributed by atoms with Crippen LogP contribution in [-0.4, -0.2) is 78.1 Å². The minimum atomic E-state index is -4.30. The summed E-state index contributed by atoms with van der Waals surface area (Å²) in [5.41, 5.74) is 0. The summed E-state index contributed by atoms with van der Waals surface area (Å²) in [7, 11) is 0. The first-order chi connectivity index (χ1) is 10.9. The van der Waals surface area contributed by atoms with E-state index in [1.165, 1.54) is 25.8 Å². The second-order valence-electron chi connectivity index (χ2n) is 7.62. The molecule has 0 aliphatic carbocycles. The van der Waals surface area contributed by atoms with Crippen LogP contribution in [0.3, 0.4) is 0 Å². The molecule has 0 saturated carbocycles. The van der Waals surface area contributed by atoms with Gasteiger partial charge in [0, 0.05) is 32.2 Å². The van der Waals surface area contributed by atoms with Crippen molar-refractivity contribution in [2.45, 2.75) is 43.9 Å². The van der Waals surface area contributed by atoms with Gasteiger partial charge in [0.15, 0.2) is 0 Å². The van der Waals surface area contributed by atoms with Gasteiger partial charge < -0.3 is 4.90 Å². The Bertz CT molecular complexity index is 484. The highest BCUT2D eigenvalue weighted by atomic mass is 19.4. The van der Waals surface area contributed by atoms with Gasteiger partial charge in [-0.25, -0.2) is 0 Å². The molecule has 4 saturated heterocycles. The Morgan fingerprint density at radius 3 is 2.57 bits per heavy atom. The number of fused-ring (bicyclic) bond motifs is 3. The third-order valence-corrected chi connectivity index (χ3v) is 6.23. The fourth-order valence-electron chi connectivity index (χ4n) is 5.28. The highest BCUT2D eigenvalue weighted by Gasteiger charge is 2.51. The first kappa shape index (κ1) is 15.7. The summed E-state index contributed by atoms with van der Waals surface area (Å²) in [5.74, 6) is 0.894. The predicted molar refractivity (Wildman–Crippen MR) is 78.8 cm³/mol. The van der Waals surface area contributed by atoms with Gasteiger partial charge in [-0.3, -0.25) is 14.6 Å². The topological polar surface area (TPSA) is 26.8 Å². The molecule has 0 N–H and O–H groups in total. The van der Waals surface area contributed by atoms with Crippen LogP contribution < -0.4 is 0 Å². The molecule has 0 aromatic rings. The lowest BCUT2D eigenvalue weighted by molar-refractivity contribution is -0.159. The lowest BCUT2D eigenvalue weighted by Crippen LogP contribution is -2.45. The van der Waals surface area contributed by atoms with Crippen molar-refractivity contribution in [2.75, 3.05) is 39.3 Å². The van der Waals surface area contributed by atoms with Crippen molar-refractivity contribution >= 4 is 5.91 Å². The molecule has 4 heterocycles. The zero-order chi connectivity index (χ0) is 16.2. The molecule has 0 radical (unpaired) electrons.